The fourth-order valence-electron chi connectivity index (χ4n) is 4.87. The van der Waals surface area contributed by atoms with Crippen molar-refractivity contribution >= 4 is 11.0 Å². The van der Waals surface area contributed by atoms with Crippen LogP contribution in [0.4, 0.5) is 0 Å². The van der Waals surface area contributed by atoms with Crippen LogP contribution in [-0.4, -0.2) is 35.0 Å². The van der Waals surface area contributed by atoms with E-state index in [9.17, 15) is 5.11 Å². The van der Waals surface area contributed by atoms with Crippen LogP contribution in [0.2, 0.25) is 0 Å². The summed E-state index contributed by atoms with van der Waals surface area (Å²) < 4.78 is 7.56. The van der Waals surface area contributed by atoms with Crippen LogP contribution in [0.3, 0.4) is 0 Å². The number of pyridine rings is 1. The number of benzene rings is 1. The molecular formula is C26H24N6O2. The highest BCUT2D eigenvalue weighted by molar-refractivity contribution is 5.88. The molecular weight excluding hydrogens is 428 g/mol. The van der Waals surface area contributed by atoms with E-state index in [4.69, 9.17) is 9.51 Å². The summed E-state index contributed by atoms with van der Waals surface area (Å²) in [4.78, 5) is 9.55. The molecule has 1 fully saturated rings. The first kappa shape index (κ1) is 20.7. The van der Waals surface area contributed by atoms with E-state index in [1.807, 2.05) is 45.2 Å². The van der Waals surface area contributed by atoms with Gasteiger partial charge >= 0.3 is 0 Å². The van der Waals surface area contributed by atoms with Crippen LogP contribution < -0.4 is 0 Å². The van der Waals surface area contributed by atoms with Crippen LogP contribution in [0.1, 0.15) is 53.0 Å². The van der Waals surface area contributed by atoms with Crippen molar-refractivity contribution in [3.63, 3.8) is 0 Å². The molecule has 1 saturated carbocycles. The predicted molar refractivity (Wildman–Crippen MR) is 126 cm³/mol. The molecule has 1 atom stereocenters. The molecule has 34 heavy (non-hydrogen) atoms. The van der Waals surface area contributed by atoms with Gasteiger partial charge in [-0.1, -0.05) is 11.2 Å². The zero-order chi connectivity index (χ0) is 23.4. The van der Waals surface area contributed by atoms with Gasteiger partial charge in [-0.05, 0) is 68.7 Å². The van der Waals surface area contributed by atoms with Gasteiger partial charge < -0.3 is 14.2 Å². The van der Waals surface area contributed by atoms with Crippen molar-refractivity contribution in [2.24, 2.45) is 7.05 Å². The van der Waals surface area contributed by atoms with E-state index in [0.717, 1.165) is 46.5 Å². The van der Waals surface area contributed by atoms with Crippen LogP contribution in [0.25, 0.3) is 22.2 Å². The molecule has 1 aliphatic carbocycles. The SMILES string of the molecule is Cc1noc(C)c1-c1cc(C(O)(c2ccccn2)c2cccnn2)c2c(c1)nc(C1CC1)n2C. The lowest BCUT2D eigenvalue weighted by Gasteiger charge is -2.28. The molecule has 8 nitrogen and oxygen atoms in total. The monoisotopic (exact) mass is 452 g/mol. The Balaban J connectivity index is 1.73. The predicted octanol–water partition coefficient (Wildman–Crippen LogP) is 4.19. The Bertz CT molecular complexity index is 1440. The van der Waals surface area contributed by atoms with E-state index < -0.39 is 5.60 Å². The molecule has 6 rings (SSSR count). The van der Waals surface area contributed by atoms with Crippen LogP contribution in [0, 0.1) is 13.8 Å². The lowest BCUT2D eigenvalue weighted by atomic mass is 9.83. The number of fused-ring (bicyclic) bond motifs is 1. The minimum Gasteiger partial charge on any atom is -0.373 e. The molecule has 5 aromatic rings. The van der Waals surface area contributed by atoms with Crippen molar-refractivity contribution < 1.29 is 9.63 Å². The topological polar surface area (TPSA) is 103 Å². The summed E-state index contributed by atoms with van der Waals surface area (Å²) in [5.74, 6) is 2.17. The average molecular weight is 453 g/mol. The van der Waals surface area contributed by atoms with E-state index in [0.29, 0.717) is 28.6 Å². The Morgan fingerprint density at radius 3 is 2.53 bits per heavy atom. The van der Waals surface area contributed by atoms with Gasteiger partial charge in [0.15, 0.2) is 5.60 Å². The first-order chi connectivity index (χ1) is 16.5. The number of aryl methyl sites for hydroxylation is 3. The van der Waals surface area contributed by atoms with Crippen molar-refractivity contribution in [2.45, 2.75) is 38.2 Å². The number of imidazole rings is 1. The van der Waals surface area contributed by atoms with Crippen LogP contribution in [-0.2, 0) is 12.6 Å². The van der Waals surface area contributed by atoms with Crippen molar-refractivity contribution in [2.75, 3.05) is 0 Å². The fraction of sp³-hybridized carbons (Fsp3) is 0.269. The molecule has 4 aromatic heterocycles. The van der Waals surface area contributed by atoms with Crippen molar-refractivity contribution in [3.05, 3.63) is 89.1 Å². The third-order valence-electron chi connectivity index (χ3n) is 6.64. The summed E-state index contributed by atoms with van der Waals surface area (Å²) >= 11 is 0. The second-order valence-electron chi connectivity index (χ2n) is 8.93. The highest BCUT2D eigenvalue weighted by atomic mass is 16.5. The van der Waals surface area contributed by atoms with Gasteiger partial charge in [0.2, 0.25) is 0 Å². The van der Waals surface area contributed by atoms with E-state index >= 15 is 0 Å². The molecule has 4 heterocycles. The van der Waals surface area contributed by atoms with Crippen LogP contribution in [0.15, 0.2) is 59.4 Å². The lowest BCUT2D eigenvalue weighted by molar-refractivity contribution is 0.116. The van der Waals surface area contributed by atoms with E-state index in [1.165, 1.54) is 0 Å². The minimum atomic E-state index is -1.66. The Morgan fingerprint density at radius 2 is 1.88 bits per heavy atom. The molecule has 0 spiro atoms. The van der Waals surface area contributed by atoms with E-state index in [-0.39, 0.29) is 0 Å². The Morgan fingerprint density at radius 1 is 1.06 bits per heavy atom. The number of rotatable bonds is 5. The number of hydrogen-bond donors (Lipinski definition) is 1. The highest BCUT2D eigenvalue weighted by Crippen LogP contribution is 2.45. The molecule has 1 unspecified atom stereocenters. The fourth-order valence-corrected chi connectivity index (χ4v) is 4.87. The summed E-state index contributed by atoms with van der Waals surface area (Å²) in [6, 6.07) is 13.1. The summed E-state index contributed by atoms with van der Waals surface area (Å²) in [6.45, 7) is 3.80. The maximum Gasteiger partial charge on any atom is 0.178 e. The van der Waals surface area contributed by atoms with Gasteiger partial charge in [-0.15, -0.1) is 0 Å². The highest BCUT2D eigenvalue weighted by Gasteiger charge is 2.41. The second-order valence-corrected chi connectivity index (χ2v) is 8.93. The zero-order valence-corrected chi connectivity index (χ0v) is 19.2. The average Bonchev–Trinajstić information content (AvgIpc) is 3.58. The number of hydrogen-bond acceptors (Lipinski definition) is 7. The summed E-state index contributed by atoms with van der Waals surface area (Å²) in [7, 11) is 2.01. The maximum atomic E-state index is 12.5. The third-order valence-corrected chi connectivity index (χ3v) is 6.64. The van der Waals surface area contributed by atoms with Gasteiger partial charge in [0.25, 0.3) is 0 Å². The molecule has 1 aliphatic rings. The largest absolute Gasteiger partial charge is 0.373 e. The van der Waals surface area contributed by atoms with Crippen molar-refractivity contribution in [1.82, 2.24) is 29.9 Å². The normalized spacial score (nSPS) is 15.5. The number of nitrogens with zero attached hydrogens (tertiary/aromatic N) is 6. The quantitative estimate of drug-likeness (QED) is 0.426. The van der Waals surface area contributed by atoms with Gasteiger partial charge in [0, 0.05) is 36.5 Å². The maximum absolute atomic E-state index is 12.5. The van der Waals surface area contributed by atoms with Gasteiger partial charge in [-0.3, -0.25) is 4.98 Å². The standard InChI is InChI=1S/C26H24N6O2/c1-15-23(16(2)34-31-15)18-13-19(24-20(14-18)29-25(32(24)3)17-9-10-17)26(33,21-7-4-5-11-27-21)22-8-6-12-28-30-22/h4-8,11-14,17,33H,9-10H2,1-3H3. The van der Waals surface area contributed by atoms with Crippen molar-refractivity contribution in [3.8, 4) is 11.1 Å². The summed E-state index contributed by atoms with van der Waals surface area (Å²) in [5, 5.41) is 25.1. The number of aromatic nitrogens is 6. The molecule has 0 radical (unpaired) electrons. The molecule has 170 valence electrons. The first-order valence-corrected chi connectivity index (χ1v) is 11.3. The minimum absolute atomic E-state index is 0.389. The third kappa shape index (κ3) is 3.06. The second kappa shape index (κ2) is 7.56. The Kier molecular flexibility index (Phi) is 4.60. The molecule has 0 saturated heterocycles. The van der Waals surface area contributed by atoms with Gasteiger partial charge in [-0.2, -0.15) is 10.2 Å². The van der Waals surface area contributed by atoms with Gasteiger partial charge in [0.05, 0.1) is 22.4 Å². The summed E-state index contributed by atoms with van der Waals surface area (Å²) in [5.41, 5.74) is 4.02. The molecule has 1 aromatic carbocycles. The zero-order valence-electron chi connectivity index (χ0n) is 19.2. The van der Waals surface area contributed by atoms with Gasteiger partial charge in [0.1, 0.15) is 17.3 Å². The molecule has 1 N–H and O–H groups in total. The smallest absolute Gasteiger partial charge is 0.178 e. The van der Waals surface area contributed by atoms with Crippen molar-refractivity contribution in [1.29, 1.82) is 0 Å². The molecule has 8 heteroatoms. The van der Waals surface area contributed by atoms with Gasteiger partial charge in [-0.25, -0.2) is 4.98 Å². The van der Waals surface area contributed by atoms with Crippen LogP contribution >= 0.6 is 0 Å². The van der Waals surface area contributed by atoms with Crippen LogP contribution in [0.5, 0.6) is 0 Å². The molecule has 0 amide bonds. The van der Waals surface area contributed by atoms with E-state index in [2.05, 4.69) is 24.9 Å². The Hall–Kier alpha value is -3.91. The Labute approximate surface area is 196 Å². The molecule has 0 bridgehead atoms. The van der Waals surface area contributed by atoms with E-state index in [1.54, 1.807) is 30.6 Å². The first-order valence-electron chi connectivity index (χ1n) is 11.3. The molecule has 0 aliphatic heterocycles. The lowest BCUT2D eigenvalue weighted by Crippen LogP contribution is -2.32. The summed E-state index contributed by atoms with van der Waals surface area (Å²) in [6.07, 6.45) is 5.51. The number of aliphatic hydroxyl groups is 1.